The van der Waals surface area contributed by atoms with Gasteiger partial charge in [0.2, 0.25) is 0 Å². The number of benzene rings is 1. The van der Waals surface area contributed by atoms with Crippen molar-refractivity contribution in [2.45, 2.75) is 63.1 Å². The summed E-state index contributed by atoms with van der Waals surface area (Å²) in [5.74, 6) is -0.246. The molecule has 0 radical (unpaired) electrons. The molecule has 2 saturated heterocycles. The number of ether oxygens (including phenoxy) is 1. The number of hydrogen-bond acceptors (Lipinski definition) is 5. The maximum absolute atomic E-state index is 13.1. The van der Waals surface area contributed by atoms with E-state index in [0.717, 1.165) is 24.8 Å². The third kappa shape index (κ3) is 4.69. The van der Waals surface area contributed by atoms with Crippen LogP contribution in [0.15, 0.2) is 46.1 Å². The predicted molar refractivity (Wildman–Crippen MR) is 125 cm³/mol. The predicted octanol–water partition coefficient (Wildman–Crippen LogP) is 4.41. The number of rotatable bonds is 4. The van der Waals surface area contributed by atoms with Crippen LogP contribution in [0.3, 0.4) is 0 Å². The molecule has 3 aromatic rings. The van der Waals surface area contributed by atoms with Gasteiger partial charge in [0.1, 0.15) is 5.75 Å². The molecule has 11 heteroatoms. The first-order valence-electron chi connectivity index (χ1n) is 11.5. The molecule has 2 aliphatic rings. The number of aryl methyl sites for hydroxylation is 1. The summed E-state index contributed by atoms with van der Waals surface area (Å²) in [7, 11) is 1.54. The molecule has 2 bridgehead atoms. The monoisotopic (exact) mass is 508 g/mol. The number of aromatic nitrogens is 3. The zero-order valence-corrected chi connectivity index (χ0v) is 19.7. The maximum Gasteiger partial charge on any atom is 0.573 e. The van der Waals surface area contributed by atoms with Gasteiger partial charge in [-0.25, -0.2) is 4.98 Å². The van der Waals surface area contributed by atoms with Crippen molar-refractivity contribution in [3.8, 4) is 5.75 Å². The molecule has 0 N–H and O–H groups in total. The van der Waals surface area contributed by atoms with E-state index in [1.165, 1.54) is 29.9 Å². The van der Waals surface area contributed by atoms with E-state index in [9.17, 15) is 22.8 Å². The molecule has 1 unspecified atom stereocenters. The Hall–Kier alpha value is -2.85. The molecule has 2 fully saturated rings. The zero-order chi connectivity index (χ0) is 24.9. The fourth-order valence-electron chi connectivity index (χ4n) is 5.57. The number of fused-ring (bicyclic) bond motifs is 3. The topological polar surface area (TPSA) is 69.4 Å². The van der Waals surface area contributed by atoms with Crippen LogP contribution in [0.25, 0.3) is 11.2 Å². The molecular formula is C24H24ClF3N4O3. The smallest absolute Gasteiger partial charge is 0.406 e. The molecule has 2 aromatic heterocycles. The van der Waals surface area contributed by atoms with Crippen molar-refractivity contribution < 1.29 is 17.9 Å². The van der Waals surface area contributed by atoms with Gasteiger partial charge < -0.3 is 9.30 Å². The molecule has 0 saturated carbocycles. The van der Waals surface area contributed by atoms with Crippen molar-refractivity contribution in [2.24, 2.45) is 7.05 Å². The van der Waals surface area contributed by atoms with E-state index >= 15 is 0 Å². The largest absolute Gasteiger partial charge is 0.573 e. The molecule has 2 aliphatic heterocycles. The first-order valence-corrected chi connectivity index (χ1v) is 11.9. The van der Waals surface area contributed by atoms with Crippen molar-refractivity contribution in [1.82, 2.24) is 19.0 Å². The van der Waals surface area contributed by atoms with Gasteiger partial charge in [0, 0.05) is 37.9 Å². The van der Waals surface area contributed by atoms with Gasteiger partial charge in [-0.2, -0.15) is 0 Å². The fraction of sp³-hybridized carbons (Fsp3) is 0.458. The van der Waals surface area contributed by atoms with E-state index in [0.29, 0.717) is 35.6 Å². The highest BCUT2D eigenvalue weighted by atomic mass is 35.5. The minimum absolute atomic E-state index is 0.178. The van der Waals surface area contributed by atoms with Gasteiger partial charge in [-0.05, 0) is 49.4 Å². The normalized spacial score (nSPS) is 22.9. The minimum Gasteiger partial charge on any atom is -0.406 e. The lowest BCUT2D eigenvalue weighted by atomic mass is 9.81. The van der Waals surface area contributed by atoms with Crippen LogP contribution in [0.2, 0.25) is 5.02 Å². The van der Waals surface area contributed by atoms with Crippen LogP contribution < -0.4 is 15.9 Å². The Morgan fingerprint density at radius 3 is 2.34 bits per heavy atom. The first kappa shape index (κ1) is 23.9. The quantitative estimate of drug-likeness (QED) is 0.488. The second-order valence-corrected chi connectivity index (χ2v) is 9.70. The lowest BCUT2D eigenvalue weighted by Crippen LogP contribution is -2.53. The van der Waals surface area contributed by atoms with Crippen LogP contribution in [0.4, 0.5) is 13.2 Å². The lowest BCUT2D eigenvalue weighted by molar-refractivity contribution is -0.274. The lowest BCUT2D eigenvalue weighted by Gasteiger charge is -2.49. The second kappa shape index (κ2) is 8.98. The van der Waals surface area contributed by atoms with E-state index in [4.69, 9.17) is 11.6 Å². The maximum atomic E-state index is 13.1. The molecule has 7 nitrogen and oxygen atoms in total. The van der Waals surface area contributed by atoms with Gasteiger partial charge in [0.15, 0.2) is 5.65 Å². The highest BCUT2D eigenvalue weighted by Crippen LogP contribution is 2.40. The zero-order valence-electron chi connectivity index (χ0n) is 19.0. The number of halogens is 4. The number of nitrogens with zero attached hydrogens (tertiary/aromatic N) is 4. The Morgan fingerprint density at radius 2 is 1.71 bits per heavy atom. The number of alkyl halides is 3. The Labute approximate surface area is 203 Å². The van der Waals surface area contributed by atoms with Crippen molar-refractivity contribution >= 4 is 22.8 Å². The Bertz CT molecular complexity index is 1360. The number of hydrogen-bond donors (Lipinski definition) is 0. The summed E-state index contributed by atoms with van der Waals surface area (Å²) in [6.45, 7) is 0.592. The van der Waals surface area contributed by atoms with Gasteiger partial charge >= 0.3 is 17.5 Å². The van der Waals surface area contributed by atoms with Crippen molar-refractivity contribution in [3.63, 3.8) is 0 Å². The van der Waals surface area contributed by atoms with Gasteiger partial charge in [-0.1, -0.05) is 30.2 Å². The van der Waals surface area contributed by atoms with Gasteiger partial charge in [0.25, 0.3) is 0 Å². The molecular weight excluding hydrogens is 485 g/mol. The second-order valence-electron chi connectivity index (χ2n) is 9.26. The molecule has 0 amide bonds. The van der Waals surface area contributed by atoms with Crippen LogP contribution >= 0.6 is 11.6 Å². The summed E-state index contributed by atoms with van der Waals surface area (Å²) in [5.41, 5.74) is 0.637. The summed E-state index contributed by atoms with van der Waals surface area (Å²) in [5, 5.41) is 0.385. The highest BCUT2D eigenvalue weighted by Gasteiger charge is 2.40. The van der Waals surface area contributed by atoms with Crippen LogP contribution in [-0.4, -0.2) is 37.5 Å². The van der Waals surface area contributed by atoms with Gasteiger partial charge in [-0.3, -0.25) is 19.1 Å². The molecule has 0 aliphatic carbocycles. The van der Waals surface area contributed by atoms with E-state index in [1.54, 1.807) is 22.8 Å². The summed E-state index contributed by atoms with van der Waals surface area (Å²) >= 11 is 6.10. The summed E-state index contributed by atoms with van der Waals surface area (Å²) in [6.07, 6.45) is 1.07. The highest BCUT2D eigenvalue weighted by molar-refractivity contribution is 6.31. The molecule has 3 atom stereocenters. The van der Waals surface area contributed by atoms with Gasteiger partial charge in [0.05, 0.1) is 10.5 Å². The van der Waals surface area contributed by atoms with E-state index < -0.39 is 17.5 Å². The van der Waals surface area contributed by atoms with Crippen molar-refractivity contribution in [3.05, 3.63) is 67.8 Å². The van der Waals surface area contributed by atoms with E-state index in [1.807, 2.05) is 0 Å². The first-order chi connectivity index (χ1) is 16.6. The summed E-state index contributed by atoms with van der Waals surface area (Å²) in [6, 6.07) is 7.77. The molecule has 35 heavy (non-hydrogen) atoms. The third-order valence-corrected chi connectivity index (χ3v) is 7.30. The Kier molecular flexibility index (Phi) is 6.13. The van der Waals surface area contributed by atoms with E-state index in [-0.39, 0.29) is 23.9 Å². The number of pyridine rings is 1. The molecule has 1 aromatic carbocycles. The van der Waals surface area contributed by atoms with Crippen LogP contribution in [0.1, 0.15) is 43.7 Å². The molecule has 5 rings (SSSR count). The van der Waals surface area contributed by atoms with Crippen LogP contribution in [-0.2, 0) is 13.6 Å². The number of piperidine rings is 2. The van der Waals surface area contributed by atoms with Crippen LogP contribution in [0.5, 0.6) is 5.75 Å². The van der Waals surface area contributed by atoms with Crippen molar-refractivity contribution in [1.29, 1.82) is 0 Å². The van der Waals surface area contributed by atoms with Gasteiger partial charge in [-0.15, -0.1) is 13.2 Å². The summed E-state index contributed by atoms with van der Waals surface area (Å²) in [4.78, 5) is 32.5. The Morgan fingerprint density at radius 1 is 1.06 bits per heavy atom. The van der Waals surface area contributed by atoms with Crippen molar-refractivity contribution in [2.75, 3.05) is 0 Å². The molecule has 4 heterocycles. The summed E-state index contributed by atoms with van der Waals surface area (Å²) < 4.78 is 44.2. The van der Waals surface area contributed by atoms with E-state index in [2.05, 4.69) is 14.6 Å². The fourth-order valence-corrected chi connectivity index (χ4v) is 5.72. The Balaban J connectivity index is 1.42. The average molecular weight is 509 g/mol. The third-order valence-electron chi connectivity index (χ3n) is 7.10. The molecule has 0 spiro atoms. The SMILES string of the molecule is Cn1c(=O)c(=O)n(C2C[C@H]3CCC[C@@H](C2)N3Cc2ccc(OC(F)(F)F)cc2)c2ncc(Cl)cc21. The average Bonchev–Trinajstić information content (AvgIpc) is 2.79. The van der Waals surface area contributed by atoms with Crippen LogP contribution in [0, 0.1) is 0 Å². The molecule has 186 valence electrons. The standard InChI is InChI=1S/C24H24ClF3N4O3/c1-30-20-9-15(25)12-29-21(20)32(23(34)22(30)33)18-10-16-3-2-4-17(11-18)31(16)13-14-5-7-19(8-6-14)35-24(26,27)28/h5-9,12,16-18H,2-4,10-11,13H2,1H3/t16-,17+,18?. The minimum atomic E-state index is -4.72.